The number of rotatable bonds is 4. The summed E-state index contributed by atoms with van der Waals surface area (Å²) in [5, 5.41) is 0. The highest BCUT2D eigenvalue weighted by molar-refractivity contribution is 5.78. The highest BCUT2D eigenvalue weighted by Crippen LogP contribution is 2.23. The van der Waals surface area contributed by atoms with Crippen LogP contribution in [-0.2, 0) is 18.3 Å². The first kappa shape index (κ1) is 16.6. The first-order chi connectivity index (χ1) is 11.5. The molecule has 128 valence electrons. The predicted molar refractivity (Wildman–Crippen MR) is 92.1 cm³/mol. The molecular formula is C18H25N5O. The summed E-state index contributed by atoms with van der Waals surface area (Å²) in [6, 6.07) is 0. The van der Waals surface area contributed by atoms with Crippen molar-refractivity contribution in [3.8, 4) is 11.4 Å². The van der Waals surface area contributed by atoms with E-state index in [0.717, 1.165) is 49.4 Å². The highest BCUT2D eigenvalue weighted by atomic mass is 16.2. The van der Waals surface area contributed by atoms with Crippen molar-refractivity contribution in [2.24, 2.45) is 18.9 Å². The van der Waals surface area contributed by atoms with Crippen molar-refractivity contribution in [1.82, 2.24) is 24.4 Å². The predicted octanol–water partition coefficient (Wildman–Crippen LogP) is 2.31. The lowest BCUT2D eigenvalue weighted by molar-refractivity contribution is -0.135. The normalized spacial score (nSPS) is 15.9. The fraction of sp³-hybridized carbons (Fsp3) is 0.556. The highest BCUT2D eigenvalue weighted by Gasteiger charge is 2.24. The van der Waals surface area contributed by atoms with Gasteiger partial charge in [0.2, 0.25) is 5.91 Å². The number of carbonyl (C=O) groups excluding carboxylic acids is 1. The second-order valence-corrected chi connectivity index (χ2v) is 6.91. The van der Waals surface area contributed by atoms with Crippen LogP contribution in [0.5, 0.6) is 0 Å². The lowest BCUT2D eigenvalue weighted by Gasteiger charge is -2.33. The molecule has 0 radical (unpaired) electrons. The molecule has 1 aliphatic heterocycles. The minimum absolute atomic E-state index is 0.0861. The summed E-state index contributed by atoms with van der Waals surface area (Å²) in [6.45, 7) is 5.65. The molecule has 1 saturated heterocycles. The zero-order valence-corrected chi connectivity index (χ0v) is 14.6. The third kappa shape index (κ3) is 3.63. The van der Waals surface area contributed by atoms with Gasteiger partial charge in [0.25, 0.3) is 0 Å². The molecule has 3 heterocycles. The van der Waals surface area contributed by atoms with E-state index in [4.69, 9.17) is 4.98 Å². The van der Waals surface area contributed by atoms with Gasteiger partial charge in [0.05, 0.1) is 30.1 Å². The van der Waals surface area contributed by atoms with E-state index in [1.807, 2.05) is 42.8 Å². The molecule has 2 aromatic heterocycles. The average Bonchev–Trinajstić information content (AvgIpc) is 3.01. The lowest BCUT2D eigenvalue weighted by Crippen LogP contribution is -2.41. The Labute approximate surface area is 142 Å². The number of aromatic nitrogens is 4. The van der Waals surface area contributed by atoms with Crippen molar-refractivity contribution < 1.29 is 4.79 Å². The maximum Gasteiger partial charge on any atom is 0.225 e. The van der Waals surface area contributed by atoms with E-state index >= 15 is 0 Å². The van der Waals surface area contributed by atoms with Gasteiger partial charge < -0.3 is 9.47 Å². The smallest absolute Gasteiger partial charge is 0.225 e. The summed E-state index contributed by atoms with van der Waals surface area (Å²) in [4.78, 5) is 27.3. The van der Waals surface area contributed by atoms with Crippen LogP contribution in [0, 0.1) is 11.8 Å². The Hall–Kier alpha value is -2.24. The summed E-state index contributed by atoms with van der Waals surface area (Å²) in [7, 11) is 1.96. The summed E-state index contributed by atoms with van der Waals surface area (Å²) >= 11 is 0. The Morgan fingerprint density at radius 1 is 1.21 bits per heavy atom. The van der Waals surface area contributed by atoms with E-state index in [-0.39, 0.29) is 11.8 Å². The topological polar surface area (TPSA) is 63.9 Å². The van der Waals surface area contributed by atoms with Crippen LogP contribution in [0.2, 0.25) is 0 Å². The van der Waals surface area contributed by atoms with Crippen molar-refractivity contribution in [2.45, 2.75) is 33.1 Å². The van der Waals surface area contributed by atoms with Crippen LogP contribution in [0.1, 0.15) is 32.4 Å². The third-order valence-corrected chi connectivity index (χ3v) is 4.68. The molecular weight excluding hydrogens is 302 g/mol. The van der Waals surface area contributed by atoms with Gasteiger partial charge in [-0.3, -0.25) is 9.78 Å². The number of nitrogens with zero attached hydrogens (tertiary/aromatic N) is 5. The number of piperidine rings is 1. The van der Waals surface area contributed by atoms with Crippen LogP contribution in [0.25, 0.3) is 11.4 Å². The minimum Gasteiger partial charge on any atom is -0.342 e. The molecule has 6 heteroatoms. The number of carbonyl (C=O) groups is 1. The van der Waals surface area contributed by atoms with Crippen LogP contribution in [0.3, 0.4) is 0 Å². The minimum atomic E-state index is 0.0861. The zero-order valence-electron chi connectivity index (χ0n) is 14.6. The van der Waals surface area contributed by atoms with Crippen molar-refractivity contribution in [3.63, 3.8) is 0 Å². The molecule has 0 aliphatic carbocycles. The Kier molecular flexibility index (Phi) is 4.92. The second kappa shape index (κ2) is 7.11. The van der Waals surface area contributed by atoms with E-state index in [1.54, 1.807) is 12.5 Å². The van der Waals surface area contributed by atoms with Gasteiger partial charge in [0.1, 0.15) is 5.69 Å². The molecule has 1 fully saturated rings. The third-order valence-electron chi connectivity index (χ3n) is 4.68. The van der Waals surface area contributed by atoms with Crippen LogP contribution in [0.4, 0.5) is 0 Å². The van der Waals surface area contributed by atoms with E-state index in [1.165, 1.54) is 0 Å². The van der Waals surface area contributed by atoms with Crippen LogP contribution < -0.4 is 0 Å². The fourth-order valence-electron chi connectivity index (χ4n) is 3.25. The average molecular weight is 327 g/mol. The Balaban J connectivity index is 1.62. The second-order valence-electron chi connectivity index (χ2n) is 6.91. The summed E-state index contributed by atoms with van der Waals surface area (Å²) in [5.74, 6) is 0.923. The number of hydrogen-bond acceptors (Lipinski definition) is 4. The first-order valence-electron chi connectivity index (χ1n) is 8.61. The molecule has 1 amide bonds. The summed E-state index contributed by atoms with van der Waals surface area (Å²) in [5.41, 5.74) is 2.85. The van der Waals surface area contributed by atoms with E-state index < -0.39 is 0 Å². The number of imidazole rings is 1. The molecule has 3 rings (SSSR count). The van der Waals surface area contributed by atoms with Crippen molar-refractivity contribution in [1.29, 1.82) is 0 Å². The molecule has 6 nitrogen and oxygen atoms in total. The van der Waals surface area contributed by atoms with E-state index in [0.29, 0.717) is 5.92 Å². The first-order valence-corrected chi connectivity index (χ1v) is 8.61. The van der Waals surface area contributed by atoms with Gasteiger partial charge in [-0.2, -0.15) is 0 Å². The van der Waals surface area contributed by atoms with Crippen LogP contribution >= 0.6 is 0 Å². The van der Waals surface area contributed by atoms with Gasteiger partial charge >= 0.3 is 0 Å². The SMILES string of the molecule is CC(C)C(=O)N1CCC(Cc2cncc(-c3cncn3C)n2)CC1. The molecule has 24 heavy (non-hydrogen) atoms. The van der Waals surface area contributed by atoms with Gasteiger partial charge in [0, 0.05) is 32.3 Å². The molecule has 0 unspecified atom stereocenters. The van der Waals surface area contributed by atoms with Gasteiger partial charge in [-0.25, -0.2) is 9.97 Å². The molecule has 1 aliphatic rings. The summed E-state index contributed by atoms with van der Waals surface area (Å²) < 4.78 is 1.95. The Morgan fingerprint density at radius 2 is 1.96 bits per heavy atom. The monoisotopic (exact) mass is 327 g/mol. The van der Waals surface area contributed by atoms with Gasteiger partial charge in [-0.15, -0.1) is 0 Å². The molecule has 0 saturated carbocycles. The fourth-order valence-corrected chi connectivity index (χ4v) is 3.25. The zero-order chi connectivity index (χ0) is 17.1. The molecule has 0 bridgehead atoms. The van der Waals surface area contributed by atoms with Gasteiger partial charge in [0.15, 0.2) is 0 Å². The molecule has 0 spiro atoms. The van der Waals surface area contributed by atoms with Gasteiger partial charge in [-0.1, -0.05) is 13.8 Å². The lowest BCUT2D eigenvalue weighted by atomic mass is 9.91. The number of likely N-dealkylation sites (tertiary alicyclic amines) is 1. The Morgan fingerprint density at radius 3 is 2.58 bits per heavy atom. The van der Waals surface area contributed by atoms with Crippen LogP contribution in [-0.4, -0.2) is 43.4 Å². The molecule has 0 atom stereocenters. The molecule has 0 N–H and O–H groups in total. The largest absolute Gasteiger partial charge is 0.342 e. The number of hydrogen-bond donors (Lipinski definition) is 0. The maximum absolute atomic E-state index is 12.1. The van der Waals surface area contributed by atoms with Crippen molar-refractivity contribution >= 4 is 5.91 Å². The number of aryl methyl sites for hydroxylation is 1. The van der Waals surface area contributed by atoms with E-state index in [9.17, 15) is 4.79 Å². The van der Waals surface area contributed by atoms with Crippen LogP contribution in [0.15, 0.2) is 24.9 Å². The quantitative estimate of drug-likeness (QED) is 0.864. The Bertz CT molecular complexity index is 701. The standard InChI is InChI=1S/C18H25N5O/c1-13(2)18(24)23-6-4-14(5-7-23)8-15-9-19-10-16(21-15)17-11-20-12-22(17)3/h9-14H,4-8H2,1-3H3. The van der Waals surface area contributed by atoms with Crippen molar-refractivity contribution in [2.75, 3.05) is 13.1 Å². The maximum atomic E-state index is 12.1. The molecule has 2 aromatic rings. The van der Waals surface area contributed by atoms with Crippen molar-refractivity contribution in [3.05, 3.63) is 30.6 Å². The van der Waals surface area contributed by atoms with E-state index in [2.05, 4.69) is 9.97 Å². The molecule has 0 aromatic carbocycles. The number of amides is 1. The summed E-state index contributed by atoms with van der Waals surface area (Å²) in [6.07, 6.45) is 10.2. The van der Waals surface area contributed by atoms with Gasteiger partial charge in [-0.05, 0) is 25.2 Å².